The molecule has 0 heteroatoms. The Hall–Kier alpha value is -6.76. The number of fused-ring (bicyclic) bond motifs is 9. The Bertz CT molecular complexity index is 2760. The average molecular weight is 729 g/mol. The van der Waals surface area contributed by atoms with Crippen LogP contribution in [0.4, 0.5) is 0 Å². The fourth-order valence-corrected chi connectivity index (χ4v) is 9.66. The molecule has 0 N–H and O–H groups in total. The van der Waals surface area contributed by atoms with Crippen molar-refractivity contribution in [1.29, 1.82) is 0 Å². The maximum atomic E-state index is 2.43. The van der Waals surface area contributed by atoms with E-state index in [1.54, 1.807) is 0 Å². The molecule has 0 saturated carbocycles. The molecule has 57 heavy (non-hydrogen) atoms. The molecule has 8 aromatic carbocycles. The Morgan fingerprint density at radius 1 is 0.421 bits per heavy atom. The largest absolute Gasteiger partial charge is 0.0723 e. The zero-order chi connectivity index (χ0) is 38.4. The lowest BCUT2D eigenvalue weighted by molar-refractivity contribution is 0.563. The average Bonchev–Trinajstić information content (AvgIpc) is 3.57. The van der Waals surface area contributed by atoms with Crippen molar-refractivity contribution in [2.24, 2.45) is 0 Å². The number of hydrogen-bond acceptors (Lipinski definition) is 0. The van der Waals surface area contributed by atoms with Crippen molar-refractivity contribution in [2.45, 2.75) is 31.1 Å². The molecule has 10 rings (SSSR count). The van der Waals surface area contributed by atoms with Crippen molar-refractivity contribution in [3.8, 4) is 33.4 Å². The van der Waals surface area contributed by atoms with Gasteiger partial charge >= 0.3 is 0 Å². The first kappa shape index (κ1) is 34.7. The molecule has 0 saturated heterocycles. The molecule has 0 atom stereocenters. The van der Waals surface area contributed by atoms with Gasteiger partial charge in [0.25, 0.3) is 0 Å². The zero-order valence-electron chi connectivity index (χ0n) is 32.5. The quantitative estimate of drug-likeness (QED) is 0.143. The van der Waals surface area contributed by atoms with Crippen LogP contribution >= 0.6 is 0 Å². The highest BCUT2D eigenvalue weighted by Crippen LogP contribution is 2.62. The van der Waals surface area contributed by atoms with Gasteiger partial charge in [-0.3, -0.25) is 0 Å². The summed E-state index contributed by atoms with van der Waals surface area (Å²) < 4.78 is 0. The number of benzene rings is 8. The third-order valence-corrected chi connectivity index (χ3v) is 12.5. The smallest absolute Gasteiger partial charge is 0.0719 e. The maximum absolute atomic E-state index is 2.43. The predicted molar refractivity (Wildman–Crippen MR) is 240 cm³/mol. The summed E-state index contributed by atoms with van der Waals surface area (Å²) in [5.41, 5.74) is 20.3. The fourth-order valence-electron chi connectivity index (χ4n) is 9.66. The molecule has 0 aromatic heterocycles. The van der Waals surface area contributed by atoms with E-state index in [9.17, 15) is 0 Å². The molecule has 2 aliphatic rings. The van der Waals surface area contributed by atoms with Crippen LogP contribution in [-0.4, -0.2) is 0 Å². The molecule has 0 bridgehead atoms. The van der Waals surface area contributed by atoms with Crippen LogP contribution in [0.2, 0.25) is 0 Å². The zero-order valence-corrected chi connectivity index (χ0v) is 32.5. The van der Waals surface area contributed by atoms with Gasteiger partial charge in [0.2, 0.25) is 0 Å². The lowest BCUT2D eigenvalue weighted by atomic mass is 9.55. The van der Waals surface area contributed by atoms with E-state index in [2.05, 4.69) is 232 Å². The Balaban J connectivity index is 0.983. The van der Waals surface area contributed by atoms with Gasteiger partial charge in [0, 0.05) is 5.41 Å². The van der Waals surface area contributed by atoms with Crippen LogP contribution in [0.25, 0.3) is 45.0 Å². The van der Waals surface area contributed by atoms with E-state index in [1.165, 1.54) is 89.0 Å². The molecular formula is C57H44. The van der Waals surface area contributed by atoms with Gasteiger partial charge in [0.15, 0.2) is 0 Å². The molecule has 0 unspecified atom stereocenters. The van der Waals surface area contributed by atoms with Crippen molar-refractivity contribution in [3.63, 3.8) is 0 Å². The Kier molecular flexibility index (Phi) is 8.57. The maximum Gasteiger partial charge on any atom is 0.0719 e. The van der Waals surface area contributed by atoms with Gasteiger partial charge in [-0.2, -0.15) is 0 Å². The minimum Gasteiger partial charge on any atom is -0.0723 e. The second kappa shape index (κ2) is 14.1. The first-order chi connectivity index (χ1) is 28.0. The molecule has 2 aliphatic carbocycles. The molecule has 8 aromatic rings. The number of rotatable bonds is 7. The topological polar surface area (TPSA) is 0 Å². The normalized spacial score (nSPS) is 14.5. The van der Waals surface area contributed by atoms with Crippen molar-refractivity contribution in [2.75, 3.05) is 0 Å². The first-order valence-corrected chi connectivity index (χ1v) is 20.1. The third kappa shape index (κ3) is 5.83. The highest BCUT2D eigenvalue weighted by Gasteiger charge is 2.53. The van der Waals surface area contributed by atoms with E-state index in [4.69, 9.17) is 0 Å². The van der Waals surface area contributed by atoms with E-state index >= 15 is 0 Å². The van der Waals surface area contributed by atoms with Gasteiger partial charge in [-0.15, -0.1) is 0 Å². The van der Waals surface area contributed by atoms with E-state index < -0.39 is 0 Å². The SMILES string of the molecule is CC1(C)c2ccccc2C2(c3ccccc3-c3cc(-c4ccc(-c5cccc(/C=C/C(=C\Cc6ccccc6)c6ccccc6)c5)cc4)ccc32)c2ccccc21. The van der Waals surface area contributed by atoms with E-state index in [1.807, 2.05) is 0 Å². The molecule has 0 aliphatic heterocycles. The van der Waals surface area contributed by atoms with E-state index in [0.717, 1.165) is 6.42 Å². The summed E-state index contributed by atoms with van der Waals surface area (Å²) in [6.45, 7) is 4.76. The van der Waals surface area contributed by atoms with Gasteiger partial charge in [-0.25, -0.2) is 0 Å². The number of allylic oxidation sites excluding steroid dienone is 3. The van der Waals surface area contributed by atoms with Crippen LogP contribution in [0.15, 0.2) is 212 Å². The van der Waals surface area contributed by atoms with E-state index in [-0.39, 0.29) is 10.8 Å². The summed E-state index contributed by atoms with van der Waals surface area (Å²) >= 11 is 0. The summed E-state index contributed by atoms with van der Waals surface area (Å²) in [6, 6.07) is 73.9. The van der Waals surface area contributed by atoms with Gasteiger partial charge in [0.05, 0.1) is 5.41 Å². The molecular weight excluding hydrogens is 685 g/mol. The molecule has 0 amide bonds. The molecule has 0 radical (unpaired) electrons. The lowest BCUT2D eigenvalue weighted by Gasteiger charge is -2.46. The fraction of sp³-hybridized carbons (Fsp3) is 0.0877. The summed E-state index contributed by atoms with van der Waals surface area (Å²) in [6.07, 6.45) is 7.71. The Morgan fingerprint density at radius 3 is 1.61 bits per heavy atom. The minimum absolute atomic E-state index is 0.0989. The standard InChI is InChI=1S/C57H44/c1-56(2)52-24-11-13-26-54(52)57(55-27-14-12-25-53(55)56)50-23-10-9-22-48(50)49-39-47(36-37-51(49)57)45-34-32-44(33-35-45)46-21-15-18-41(38-46)29-31-43(42-19-7-4-8-20-42)30-28-40-16-5-3-6-17-40/h3-27,29-39H,28H2,1-2H3/b31-29+,43-30+. The van der Waals surface area contributed by atoms with Crippen LogP contribution in [0.3, 0.4) is 0 Å². The molecule has 0 heterocycles. The van der Waals surface area contributed by atoms with Gasteiger partial charge < -0.3 is 0 Å². The van der Waals surface area contributed by atoms with Crippen LogP contribution in [0, 0.1) is 0 Å². The van der Waals surface area contributed by atoms with Crippen molar-refractivity contribution < 1.29 is 0 Å². The number of hydrogen-bond donors (Lipinski definition) is 0. The summed E-state index contributed by atoms with van der Waals surface area (Å²) in [4.78, 5) is 0. The third-order valence-electron chi connectivity index (χ3n) is 12.5. The van der Waals surface area contributed by atoms with Crippen LogP contribution in [0.5, 0.6) is 0 Å². The highest BCUT2D eigenvalue weighted by atomic mass is 14.5. The molecule has 272 valence electrons. The van der Waals surface area contributed by atoms with Crippen LogP contribution in [-0.2, 0) is 17.3 Å². The van der Waals surface area contributed by atoms with Gasteiger partial charge in [-0.05, 0) is 108 Å². The molecule has 0 nitrogen and oxygen atoms in total. The first-order valence-electron chi connectivity index (χ1n) is 20.1. The predicted octanol–water partition coefficient (Wildman–Crippen LogP) is 14.4. The molecule has 1 spiro atoms. The minimum atomic E-state index is -0.365. The second-order valence-corrected chi connectivity index (χ2v) is 16.0. The Labute approximate surface area is 337 Å². The van der Waals surface area contributed by atoms with Gasteiger partial charge in [-0.1, -0.05) is 220 Å². The van der Waals surface area contributed by atoms with Gasteiger partial charge in [0.1, 0.15) is 0 Å². The Morgan fingerprint density at radius 2 is 0.947 bits per heavy atom. The van der Waals surface area contributed by atoms with Crippen LogP contribution < -0.4 is 0 Å². The second-order valence-electron chi connectivity index (χ2n) is 16.0. The van der Waals surface area contributed by atoms with Crippen molar-refractivity contribution >= 4 is 11.6 Å². The summed E-state index contributed by atoms with van der Waals surface area (Å²) in [7, 11) is 0. The summed E-state index contributed by atoms with van der Waals surface area (Å²) in [5.74, 6) is 0. The van der Waals surface area contributed by atoms with E-state index in [0.29, 0.717) is 0 Å². The van der Waals surface area contributed by atoms with Crippen molar-refractivity contribution in [1.82, 2.24) is 0 Å². The van der Waals surface area contributed by atoms with Crippen molar-refractivity contribution in [3.05, 3.63) is 262 Å². The van der Waals surface area contributed by atoms with Crippen LogP contribution in [0.1, 0.15) is 63.9 Å². The highest BCUT2D eigenvalue weighted by molar-refractivity contribution is 5.91. The lowest BCUT2D eigenvalue weighted by Crippen LogP contribution is -2.40. The summed E-state index contributed by atoms with van der Waals surface area (Å²) in [5, 5.41) is 0. The molecule has 0 fully saturated rings. The monoisotopic (exact) mass is 728 g/mol.